The van der Waals surface area contributed by atoms with Crippen LogP contribution in [0, 0.1) is 10.1 Å². The normalized spacial score (nSPS) is 20.9. The van der Waals surface area contributed by atoms with Gasteiger partial charge < -0.3 is 14.1 Å². The Bertz CT molecular complexity index is 1110. The second kappa shape index (κ2) is 8.93. The van der Waals surface area contributed by atoms with Crippen molar-refractivity contribution in [1.82, 2.24) is 9.62 Å². The Morgan fingerprint density at radius 1 is 1.19 bits per heavy atom. The van der Waals surface area contributed by atoms with Crippen molar-refractivity contribution in [3.8, 4) is 0 Å². The van der Waals surface area contributed by atoms with E-state index in [2.05, 4.69) is 20.7 Å². The molecule has 1 unspecified atom stereocenters. The van der Waals surface area contributed by atoms with Crippen molar-refractivity contribution < 1.29 is 27.3 Å². The van der Waals surface area contributed by atoms with E-state index in [0.29, 0.717) is 45.4 Å². The van der Waals surface area contributed by atoms with Crippen molar-refractivity contribution in [3.63, 3.8) is 0 Å². The van der Waals surface area contributed by atoms with Crippen molar-refractivity contribution in [2.24, 2.45) is 0 Å². The fourth-order valence-electron chi connectivity index (χ4n) is 4.19. The van der Waals surface area contributed by atoms with Gasteiger partial charge in [0.15, 0.2) is 5.76 Å². The largest absolute Gasteiger partial charge is 0.433 e. The molecular weight excluding hydrogens is 506 g/mol. The average molecular weight is 528 g/mol. The van der Waals surface area contributed by atoms with E-state index >= 15 is 0 Å². The number of amides is 1. The summed E-state index contributed by atoms with van der Waals surface area (Å²) in [6.07, 6.45) is 2.16. The molecule has 4 rings (SSSR count). The molecule has 10 nitrogen and oxygen atoms in total. The summed E-state index contributed by atoms with van der Waals surface area (Å²) >= 11 is 3.30. The van der Waals surface area contributed by atoms with Gasteiger partial charge in [0.05, 0.1) is 16.6 Å². The van der Waals surface area contributed by atoms with Gasteiger partial charge in [-0.25, -0.2) is 13.1 Å². The zero-order valence-corrected chi connectivity index (χ0v) is 19.4. The van der Waals surface area contributed by atoms with Gasteiger partial charge >= 0.3 is 5.88 Å². The number of carbonyl (C=O) groups is 1. The number of nitro groups is 1. The number of rotatable bonds is 5. The summed E-state index contributed by atoms with van der Waals surface area (Å²) in [7, 11) is -3.66. The molecule has 1 N–H and O–H groups in total. The zero-order chi connectivity index (χ0) is 22.9. The Balaban J connectivity index is 1.37. The van der Waals surface area contributed by atoms with E-state index in [1.165, 1.54) is 6.07 Å². The molecule has 1 aromatic heterocycles. The van der Waals surface area contributed by atoms with Crippen LogP contribution in [0.15, 0.2) is 50.2 Å². The number of hydrogen-bond donors (Lipinski definition) is 1. The Morgan fingerprint density at radius 3 is 2.50 bits per heavy atom. The molecule has 0 aliphatic carbocycles. The third-order valence-electron chi connectivity index (χ3n) is 5.88. The Hall–Kier alpha value is -2.28. The van der Waals surface area contributed by atoms with E-state index in [1.807, 2.05) is 0 Å². The molecule has 172 valence electrons. The van der Waals surface area contributed by atoms with Crippen molar-refractivity contribution >= 4 is 37.7 Å². The van der Waals surface area contributed by atoms with E-state index in [0.717, 1.165) is 10.5 Å². The molecule has 2 aliphatic heterocycles. The van der Waals surface area contributed by atoms with Gasteiger partial charge in [0, 0.05) is 30.2 Å². The first-order chi connectivity index (χ1) is 15.2. The van der Waals surface area contributed by atoms with Crippen LogP contribution in [0.3, 0.4) is 0 Å². The Labute approximate surface area is 193 Å². The molecule has 3 heterocycles. The van der Waals surface area contributed by atoms with Crippen molar-refractivity contribution in [2.45, 2.75) is 42.2 Å². The van der Waals surface area contributed by atoms with E-state index < -0.39 is 32.3 Å². The van der Waals surface area contributed by atoms with Crippen LogP contribution in [-0.2, 0) is 14.8 Å². The second-order valence-corrected chi connectivity index (χ2v) is 10.6. The molecule has 0 bridgehead atoms. The first kappa shape index (κ1) is 22.9. The van der Waals surface area contributed by atoms with Crippen LogP contribution in [0.2, 0.25) is 0 Å². The lowest BCUT2D eigenvalue weighted by atomic mass is 9.82. The fourth-order valence-corrected chi connectivity index (χ4v) is 5.73. The number of carbonyl (C=O) groups excluding carboxylic acids is 1. The molecule has 1 atom stereocenters. The predicted octanol–water partition coefficient (Wildman–Crippen LogP) is 3.08. The van der Waals surface area contributed by atoms with Crippen LogP contribution in [0.25, 0.3) is 0 Å². The summed E-state index contributed by atoms with van der Waals surface area (Å²) in [5.74, 6) is -0.952. The van der Waals surface area contributed by atoms with Gasteiger partial charge in [-0.1, -0.05) is 15.9 Å². The maximum absolute atomic E-state index is 12.8. The highest BCUT2D eigenvalue weighted by Gasteiger charge is 2.42. The van der Waals surface area contributed by atoms with Crippen molar-refractivity contribution in [2.75, 3.05) is 19.7 Å². The number of sulfonamides is 1. The van der Waals surface area contributed by atoms with Crippen LogP contribution in [0.4, 0.5) is 5.88 Å². The predicted molar refractivity (Wildman–Crippen MR) is 117 cm³/mol. The lowest BCUT2D eigenvalue weighted by Crippen LogP contribution is -2.54. The Kier molecular flexibility index (Phi) is 6.39. The highest BCUT2D eigenvalue weighted by atomic mass is 79.9. The number of piperidine rings is 1. The standard InChI is InChI=1S/C20H22BrN3O7S/c21-14-1-3-16(4-2-14)32(28,29)22-15-7-12-30-20(13-15)8-10-23(11-9-20)19(25)17-5-6-18(31-17)24(26)27/h1-6,15,22H,7-13H2. The number of furan rings is 1. The fraction of sp³-hybridized carbons (Fsp3) is 0.450. The monoisotopic (exact) mass is 527 g/mol. The summed E-state index contributed by atoms with van der Waals surface area (Å²) in [5, 5.41) is 10.8. The average Bonchev–Trinajstić information content (AvgIpc) is 3.25. The summed E-state index contributed by atoms with van der Waals surface area (Å²) in [4.78, 5) is 24.5. The van der Waals surface area contributed by atoms with E-state index in [9.17, 15) is 23.3 Å². The summed E-state index contributed by atoms with van der Waals surface area (Å²) in [6.45, 7) is 1.20. The number of likely N-dealkylation sites (tertiary alicyclic amines) is 1. The molecule has 2 fully saturated rings. The SMILES string of the molecule is O=C(c1ccc([N+](=O)[O-])o1)N1CCC2(CC1)CC(NS(=O)(=O)c1ccc(Br)cc1)CCO2. The van der Waals surface area contributed by atoms with Gasteiger partial charge in [-0.05, 0) is 56.0 Å². The molecule has 12 heteroatoms. The van der Waals surface area contributed by atoms with Gasteiger partial charge in [-0.2, -0.15) is 0 Å². The van der Waals surface area contributed by atoms with E-state index in [-0.39, 0.29) is 16.7 Å². The topological polar surface area (TPSA) is 132 Å². The molecule has 2 aliphatic rings. The molecule has 0 saturated carbocycles. The zero-order valence-electron chi connectivity index (χ0n) is 17.0. The molecule has 2 aromatic rings. The molecule has 1 amide bonds. The molecule has 1 spiro atoms. The van der Waals surface area contributed by atoms with Gasteiger partial charge in [0.25, 0.3) is 5.91 Å². The number of halogens is 1. The van der Waals surface area contributed by atoms with Crippen molar-refractivity contribution in [1.29, 1.82) is 0 Å². The van der Waals surface area contributed by atoms with Gasteiger partial charge in [0.2, 0.25) is 10.0 Å². The van der Waals surface area contributed by atoms with Gasteiger partial charge in [0.1, 0.15) is 4.92 Å². The minimum absolute atomic E-state index is 0.0719. The summed E-state index contributed by atoms with van der Waals surface area (Å²) < 4.78 is 40.2. The number of hydrogen-bond acceptors (Lipinski definition) is 7. The van der Waals surface area contributed by atoms with E-state index in [1.54, 1.807) is 29.2 Å². The Morgan fingerprint density at radius 2 is 1.88 bits per heavy atom. The first-order valence-corrected chi connectivity index (χ1v) is 12.4. The van der Waals surface area contributed by atoms with Crippen LogP contribution in [-0.4, -0.2) is 55.5 Å². The minimum atomic E-state index is -3.66. The highest BCUT2D eigenvalue weighted by molar-refractivity contribution is 9.10. The van der Waals surface area contributed by atoms with Crippen LogP contribution in [0.5, 0.6) is 0 Å². The molecule has 32 heavy (non-hydrogen) atoms. The lowest BCUT2D eigenvalue weighted by molar-refractivity contribution is -0.402. The third kappa shape index (κ3) is 4.87. The number of nitrogens with one attached hydrogen (secondary N) is 1. The quantitative estimate of drug-likeness (QED) is 0.466. The molecule has 1 aromatic carbocycles. The summed E-state index contributed by atoms with van der Waals surface area (Å²) in [5.41, 5.74) is -0.517. The molecule has 0 radical (unpaired) electrons. The van der Waals surface area contributed by atoms with Crippen LogP contribution >= 0.6 is 15.9 Å². The van der Waals surface area contributed by atoms with Crippen LogP contribution in [0.1, 0.15) is 36.2 Å². The van der Waals surface area contributed by atoms with Crippen molar-refractivity contribution in [3.05, 3.63) is 56.7 Å². The number of ether oxygens (including phenoxy) is 1. The lowest BCUT2D eigenvalue weighted by Gasteiger charge is -2.46. The maximum atomic E-state index is 12.8. The number of benzene rings is 1. The first-order valence-electron chi connectivity index (χ1n) is 10.1. The molecular formula is C20H22BrN3O7S. The van der Waals surface area contributed by atoms with Gasteiger partial charge in [-0.3, -0.25) is 14.9 Å². The smallest absolute Gasteiger partial charge is 0.395 e. The highest BCUT2D eigenvalue weighted by Crippen LogP contribution is 2.36. The molecule has 2 saturated heterocycles. The second-order valence-electron chi connectivity index (χ2n) is 7.98. The summed E-state index contributed by atoms with van der Waals surface area (Å²) in [6, 6.07) is 8.64. The minimum Gasteiger partial charge on any atom is -0.395 e. The maximum Gasteiger partial charge on any atom is 0.433 e. The van der Waals surface area contributed by atoms with E-state index in [4.69, 9.17) is 9.15 Å². The van der Waals surface area contributed by atoms with Gasteiger partial charge in [-0.15, -0.1) is 0 Å². The van der Waals surface area contributed by atoms with Crippen LogP contribution < -0.4 is 4.72 Å². The number of nitrogens with zero attached hydrogens (tertiary/aromatic N) is 2. The third-order valence-corrected chi connectivity index (χ3v) is 7.95.